The molecule has 1 amide bonds. The predicted molar refractivity (Wildman–Crippen MR) is 63.7 cm³/mol. The number of ether oxygens (including phenoxy) is 1. The maximum atomic E-state index is 11.8. The zero-order valence-corrected chi connectivity index (χ0v) is 10.4. The lowest BCUT2D eigenvalue weighted by Gasteiger charge is -2.26. The van der Waals surface area contributed by atoms with Crippen molar-refractivity contribution < 1.29 is 14.7 Å². The molecule has 1 heterocycles. The normalized spacial score (nSPS) is 22.2. The van der Waals surface area contributed by atoms with E-state index in [1.165, 1.54) is 0 Å². The Balaban J connectivity index is 2.41. The summed E-state index contributed by atoms with van der Waals surface area (Å²) in [5.74, 6) is 0.00745. The molecular formula is C11H21N3O3. The van der Waals surface area contributed by atoms with Crippen LogP contribution in [0.1, 0.15) is 26.7 Å². The Kier molecular flexibility index (Phi) is 4.74. The molecule has 17 heavy (non-hydrogen) atoms. The van der Waals surface area contributed by atoms with E-state index >= 15 is 0 Å². The van der Waals surface area contributed by atoms with Crippen LogP contribution in [0.25, 0.3) is 0 Å². The summed E-state index contributed by atoms with van der Waals surface area (Å²) in [6.07, 6.45) is 1.78. The van der Waals surface area contributed by atoms with Crippen LogP contribution >= 0.6 is 0 Å². The number of rotatable bonds is 4. The van der Waals surface area contributed by atoms with Gasteiger partial charge >= 0.3 is 0 Å². The first-order valence-corrected chi connectivity index (χ1v) is 5.81. The molecule has 6 heteroatoms. The minimum Gasteiger partial charge on any atom is -0.409 e. The third-order valence-electron chi connectivity index (χ3n) is 3.04. The zero-order chi connectivity index (χ0) is 12.9. The van der Waals surface area contributed by atoms with E-state index in [2.05, 4.69) is 10.5 Å². The van der Waals surface area contributed by atoms with E-state index in [1.807, 2.05) is 0 Å². The number of hydrogen-bond acceptors (Lipinski definition) is 4. The van der Waals surface area contributed by atoms with Crippen LogP contribution in [-0.2, 0) is 9.53 Å². The van der Waals surface area contributed by atoms with Crippen molar-refractivity contribution in [2.24, 2.45) is 22.2 Å². The number of amidine groups is 1. The average Bonchev–Trinajstić information content (AvgIpc) is 2.36. The summed E-state index contributed by atoms with van der Waals surface area (Å²) in [6.45, 7) is 5.17. The summed E-state index contributed by atoms with van der Waals surface area (Å²) in [7, 11) is 0. The van der Waals surface area contributed by atoms with Crippen LogP contribution in [0.5, 0.6) is 0 Å². The summed E-state index contributed by atoms with van der Waals surface area (Å²) in [6, 6.07) is 0. The fourth-order valence-electron chi connectivity index (χ4n) is 1.63. The largest absolute Gasteiger partial charge is 0.409 e. The van der Waals surface area contributed by atoms with Crippen molar-refractivity contribution in [3.63, 3.8) is 0 Å². The third-order valence-corrected chi connectivity index (χ3v) is 3.04. The van der Waals surface area contributed by atoms with Crippen molar-refractivity contribution in [2.45, 2.75) is 26.7 Å². The van der Waals surface area contributed by atoms with Gasteiger partial charge in [-0.25, -0.2) is 0 Å². The van der Waals surface area contributed by atoms with E-state index in [1.54, 1.807) is 13.8 Å². The molecule has 4 N–H and O–H groups in total. The number of carbonyl (C=O) groups is 1. The van der Waals surface area contributed by atoms with Gasteiger partial charge in [-0.1, -0.05) is 19.0 Å². The molecule has 1 rings (SSSR count). The van der Waals surface area contributed by atoms with Crippen molar-refractivity contribution in [2.75, 3.05) is 19.8 Å². The number of hydrogen-bond donors (Lipinski definition) is 3. The SMILES string of the molecule is CC(C)(CNC(=O)C1CCCOC1)C(N)=NO. The summed E-state index contributed by atoms with van der Waals surface area (Å²) in [5.41, 5.74) is 4.98. The maximum absolute atomic E-state index is 11.8. The molecule has 1 aliphatic heterocycles. The van der Waals surface area contributed by atoms with Gasteiger partial charge in [-0.3, -0.25) is 4.79 Å². The van der Waals surface area contributed by atoms with Crippen molar-refractivity contribution in [1.29, 1.82) is 0 Å². The summed E-state index contributed by atoms with van der Waals surface area (Å²) in [4.78, 5) is 11.8. The summed E-state index contributed by atoms with van der Waals surface area (Å²) >= 11 is 0. The Morgan fingerprint density at radius 2 is 2.35 bits per heavy atom. The van der Waals surface area contributed by atoms with Crippen LogP contribution in [0.3, 0.4) is 0 Å². The number of nitrogens with two attached hydrogens (primary N) is 1. The zero-order valence-electron chi connectivity index (χ0n) is 10.4. The molecule has 1 saturated heterocycles. The van der Waals surface area contributed by atoms with Gasteiger partial charge in [0.15, 0.2) is 0 Å². The molecule has 0 spiro atoms. The molecule has 1 aliphatic rings. The molecule has 1 fully saturated rings. The van der Waals surface area contributed by atoms with Gasteiger partial charge in [-0.15, -0.1) is 0 Å². The molecule has 98 valence electrons. The molecule has 1 atom stereocenters. The van der Waals surface area contributed by atoms with E-state index in [9.17, 15) is 4.79 Å². The van der Waals surface area contributed by atoms with Gasteiger partial charge in [0, 0.05) is 18.6 Å². The third kappa shape index (κ3) is 3.89. The minimum absolute atomic E-state index is 0.0245. The van der Waals surface area contributed by atoms with Crippen LogP contribution in [0.4, 0.5) is 0 Å². The second-order valence-corrected chi connectivity index (χ2v) is 5.00. The first-order valence-electron chi connectivity index (χ1n) is 5.81. The number of nitrogens with one attached hydrogen (secondary N) is 1. The second-order valence-electron chi connectivity index (χ2n) is 5.00. The number of carbonyl (C=O) groups excluding carboxylic acids is 1. The number of amides is 1. The lowest BCUT2D eigenvalue weighted by molar-refractivity contribution is -0.129. The Bertz CT molecular complexity index is 296. The van der Waals surface area contributed by atoms with E-state index in [4.69, 9.17) is 15.7 Å². The smallest absolute Gasteiger partial charge is 0.225 e. The highest BCUT2D eigenvalue weighted by atomic mass is 16.5. The molecule has 0 radical (unpaired) electrons. The van der Waals surface area contributed by atoms with Crippen molar-refractivity contribution in [3.05, 3.63) is 0 Å². The van der Waals surface area contributed by atoms with E-state index in [0.717, 1.165) is 19.4 Å². The first-order chi connectivity index (χ1) is 7.97. The molecule has 0 saturated carbocycles. The van der Waals surface area contributed by atoms with Gasteiger partial charge < -0.3 is 21.0 Å². The summed E-state index contributed by atoms with van der Waals surface area (Å²) < 4.78 is 5.25. The standard InChI is InChI=1S/C11H21N3O3/c1-11(2,10(12)14-16)7-13-9(15)8-4-3-5-17-6-8/h8,16H,3-7H2,1-2H3,(H2,12,14)(H,13,15). The maximum Gasteiger partial charge on any atom is 0.225 e. The lowest BCUT2D eigenvalue weighted by atomic mass is 9.91. The Hall–Kier alpha value is -1.30. The minimum atomic E-state index is -0.556. The fraction of sp³-hybridized carbons (Fsp3) is 0.818. The van der Waals surface area contributed by atoms with E-state index < -0.39 is 5.41 Å². The summed E-state index contributed by atoms with van der Waals surface area (Å²) in [5, 5.41) is 14.4. The second kappa shape index (κ2) is 5.86. The molecule has 1 unspecified atom stereocenters. The van der Waals surface area contributed by atoms with Crippen molar-refractivity contribution in [3.8, 4) is 0 Å². The van der Waals surface area contributed by atoms with Crippen LogP contribution in [0.15, 0.2) is 5.16 Å². The average molecular weight is 243 g/mol. The molecule has 0 aromatic rings. The highest BCUT2D eigenvalue weighted by molar-refractivity contribution is 5.86. The lowest BCUT2D eigenvalue weighted by Crippen LogP contribution is -2.45. The number of nitrogens with zero attached hydrogens (tertiary/aromatic N) is 1. The molecule has 0 aromatic carbocycles. The van der Waals surface area contributed by atoms with Crippen LogP contribution < -0.4 is 11.1 Å². The monoisotopic (exact) mass is 243 g/mol. The topological polar surface area (TPSA) is 96.9 Å². The van der Waals surface area contributed by atoms with Gasteiger partial charge in [0.1, 0.15) is 5.84 Å². The molecular weight excluding hydrogens is 222 g/mol. The number of oxime groups is 1. The molecule has 0 aliphatic carbocycles. The predicted octanol–water partition coefficient (Wildman–Crippen LogP) is 0.302. The van der Waals surface area contributed by atoms with Gasteiger partial charge in [0.05, 0.1) is 12.5 Å². The molecule has 6 nitrogen and oxygen atoms in total. The molecule has 0 aromatic heterocycles. The highest BCUT2D eigenvalue weighted by Crippen LogP contribution is 2.16. The highest BCUT2D eigenvalue weighted by Gasteiger charge is 2.27. The van der Waals surface area contributed by atoms with Gasteiger partial charge in [0.25, 0.3) is 0 Å². The fourth-order valence-corrected chi connectivity index (χ4v) is 1.63. The first kappa shape index (κ1) is 13.8. The van der Waals surface area contributed by atoms with Crippen molar-refractivity contribution in [1.82, 2.24) is 5.32 Å². The van der Waals surface area contributed by atoms with Crippen LogP contribution in [-0.4, -0.2) is 36.7 Å². The van der Waals surface area contributed by atoms with Crippen molar-refractivity contribution >= 4 is 11.7 Å². The molecule has 0 bridgehead atoms. The van der Waals surface area contributed by atoms with E-state index in [-0.39, 0.29) is 17.7 Å². The van der Waals surface area contributed by atoms with Crippen LogP contribution in [0.2, 0.25) is 0 Å². The Morgan fingerprint density at radius 1 is 1.65 bits per heavy atom. The van der Waals surface area contributed by atoms with Gasteiger partial charge in [0.2, 0.25) is 5.91 Å². The van der Waals surface area contributed by atoms with Gasteiger partial charge in [-0.2, -0.15) is 0 Å². The Labute approximate surface area is 101 Å². The van der Waals surface area contributed by atoms with Gasteiger partial charge in [-0.05, 0) is 12.8 Å². The van der Waals surface area contributed by atoms with E-state index in [0.29, 0.717) is 13.2 Å². The van der Waals surface area contributed by atoms with Crippen LogP contribution in [0, 0.1) is 11.3 Å². The quantitative estimate of drug-likeness (QED) is 0.286. The Morgan fingerprint density at radius 3 is 2.88 bits per heavy atom.